The summed E-state index contributed by atoms with van der Waals surface area (Å²) in [5, 5.41) is 59.3. The van der Waals surface area contributed by atoms with E-state index in [0.717, 1.165) is 0 Å². The molecule has 9 rings (SSSR count). The van der Waals surface area contributed by atoms with Gasteiger partial charge >= 0.3 is 0 Å². The number of Topliss-reactive ketones (excluding diaryl/α,β-unsaturated/α-hetero) is 1. The third-order valence-corrected chi connectivity index (χ3v) is 15.0. The topological polar surface area (TPSA) is 242 Å². The molecule has 2 aromatic rings. The standard InChI is InChI=1S/C48H64N2O17/c1-10-48(58)18-30(64-31-15-25(50(8)9)44(21(4)60-31)65-33-17-28-45(22(5)61-33)67-47-29(63-28)16-27(52)19(2)62-47)35-38(46(48)66-32-14-24(49(6)7)39(53)20(3)59-32)43(57)36-37(42(35)56)41(55)34-23(40(36)54)12-11-13-26(34)51/h11-13,19-22,24-25,28-33,39,44-47,51,53,56-58H,10,14-18H2,1-9H3/t19-,20-,21-,22-,24-,25-,28?,29+,30-,31-,32-,33-,39+,44+,45+,46+,47-,48+/m0/s1. The van der Waals surface area contributed by atoms with Crippen LogP contribution in [0.25, 0.3) is 0 Å². The lowest BCUT2D eigenvalue weighted by molar-refractivity contribution is -0.371. The normalized spacial score (nSPS) is 40.8. The summed E-state index contributed by atoms with van der Waals surface area (Å²) in [6.45, 7) is 8.84. The SMILES string of the molecule is CC[C@@]1(O)C[C@H](O[C@H]2C[C@H](N(C)C)[C@H](O[C@H]3CC4O[C@@H]5CC(=O)[C@H](C)O[C@H]5O[C@@H]4[C@H](C)O3)[C@H](C)O2)c2c(O)c3c(c(O)c2[C@H]1O[C@H]1C[C@H](N(C)C)[C@H](O)[C@H](C)O1)C(=O)c1cccc(O)c1C3=O. The van der Waals surface area contributed by atoms with Gasteiger partial charge in [-0.05, 0) is 68.4 Å². The van der Waals surface area contributed by atoms with Gasteiger partial charge in [-0.3, -0.25) is 14.4 Å². The molecule has 0 spiro atoms. The third kappa shape index (κ3) is 8.40. The Morgan fingerprint density at radius 1 is 0.701 bits per heavy atom. The molecule has 18 atom stereocenters. The van der Waals surface area contributed by atoms with Gasteiger partial charge in [0.25, 0.3) is 0 Å². The number of carbonyl (C=O) groups excluding carboxylic acids is 3. The number of nitrogens with zero attached hydrogens (tertiary/aromatic N) is 2. The van der Waals surface area contributed by atoms with Gasteiger partial charge in [0.1, 0.15) is 47.8 Å². The van der Waals surface area contributed by atoms with Crippen LogP contribution in [-0.2, 0) is 47.4 Å². The number of hydrogen-bond acceptors (Lipinski definition) is 19. The van der Waals surface area contributed by atoms with E-state index in [-0.39, 0.29) is 66.2 Å². The van der Waals surface area contributed by atoms with Crippen LogP contribution in [0.5, 0.6) is 17.2 Å². The van der Waals surface area contributed by atoms with E-state index in [1.165, 1.54) is 18.2 Å². The number of fused-ring (bicyclic) bond motifs is 5. The van der Waals surface area contributed by atoms with Crippen molar-refractivity contribution in [1.29, 1.82) is 0 Å². The van der Waals surface area contributed by atoms with Gasteiger partial charge in [0, 0.05) is 60.9 Å². The molecule has 5 saturated heterocycles. The van der Waals surface area contributed by atoms with E-state index in [1.807, 2.05) is 51.8 Å². The Kier molecular flexibility index (Phi) is 13.2. The predicted octanol–water partition coefficient (Wildman–Crippen LogP) is 3.11. The third-order valence-electron chi connectivity index (χ3n) is 15.0. The Balaban J connectivity index is 1.02. The van der Waals surface area contributed by atoms with Crippen LogP contribution in [-0.4, -0.2) is 179 Å². The second-order valence-corrected chi connectivity index (χ2v) is 19.7. The molecule has 2 aliphatic carbocycles. The molecule has 0 bridgehead atoms. The Hall–Kier alpha value is -3.67. The molecular weight excluding hydrogens is 877 g/mol. The highest BCUT2D eigenvalue weighted by molar-refractivity contribution is 6.31. The number of phenols is 3. The Bertz CT molecular complexity index is 2260. The average molecular weight is 941 g/mol. The van der Waals surface area contributed by atoms with Crippen LogP contribution in [0.2, 0.25) is 0 Å². The molecule has 19 nitrogen and oxygen atoms in total. The lowest BCUT2D eigenvalue weighted by Gasteiger charge is -2.51. The predicted molar refractivity (Wildman–Crippen MR) is 232 cm³/mol. The average Bonchev–Trinajstić information content (AvgIpc) is 3.26. The number of rotatable bonds is 9. The maximum atomic E-state index is 14.3. The molecule has 1 unspecified atom stereocenters. The van der Waals surface area contributed by atoms with E-state index >= 15 is 0 Å². The number of phenolic OH excluding ortho intramolecular Hbond substituents is 3. The number of aromatic hydroxyl groups is 3. The van der Waals surface area contributed by atoms with Crippen LogP contribution in [0.15, 0.2) is 18.2 Å². The molecule has 67 heavy (non-hydrogen) atoms. The summed E-state index contributed by atoms with van der Waals surface area (Å²) in [7, 11) is 7.41. The molecule has 0 amide bonds. The molecular formula is C48H64N2O17. The molecule has 5 fully saturated rings. The summed E-state index contributed by atoms with van der Waals surface area (Å²) in [4.78, 5) is 44.8. The smallest absolute Gasteiger partial charge is 0.202 e. The van der Waals surface area contributed by atoms with E-state index < -0.39 is 144 Å². The number of ether oxygens (including phenoxy) is 9. The maximum absolute atomic E-state index is 14.3. The number of benzene rings is 2. The van der Waals surface area contributed by atoms with Crippen LogP contribution in [0.4, 0.5) is 0 Å². The first-order valence-electron chi connectivity index (χ1n) is 23.4. The van der Waals surface area contributed by atoms with E-state index in [0.29, 0.717) is 6.42 Å². The van der Waals surface area contributed by atoms with Gasteiger partial charge in [0.2, 0.25) is 5.78 Å². The number of aliphatic hydroxyl groups is 2. The number of hydrogen-bond donors (Lipinski definition) is 5. The zero-order chi connectivity index (χ0) is 48.1. The van der Waals surface area contributed by atoms with Gasteiger partial charge in [-0.1, -0.05) is 19.1 Å². The number of aliphatic hydroxyl groups excluding tert-OH is 1. The van der Waals surface area contributed by atoms with Crippen molar-refractivity contribution in [2.75, 3.05) is 28.2 Å². The highest BCUT2D eigenvalue weighted by Gasteiger charge is 2.56. The zero-order valence-electron chi connectivity index (χ0n) is 39.3. The van der Waals surface area contributed by atoms with E-state index in [4.69, 9.17) is 42.6 Å². The fraction of sp³-hybridized carbons (Fsp3) is 0.688. The molecule has 0 aromatic heterocycles. The van der Waals surface area contributed by atoms with Crippen molar-refractivity contribution < 1.29 is 82.5 Å². The first-order valence-corrected chi connectivity index (χ1v) is 23.4. The van der Waals surface area contributed by atoms with Crippen molar-refractivity contribution in [2.24, 2.45) is 0 Å². The Morgan fingerprint density at radius 2 is 1.33 bits per heavy atom. The van der Waals surface area contributed by atoms with Crippen molar-refractivity contribution in [3.8, 4) is 17.2 Å². The molecule has 5 aliphatic heterocycles. The number of ketones is 3. The van der Waals surface area contributed by atoms with Crippen molar-refractivity contribution in [3.63, 3.8) is 0 Å². The van der Waals surface area contributed by atoms with Crippen LogP contribution < -0.4 is 0 Å². The summed E-state index contributed by atoms with van der Waals surface area (Å²) < 4.78 is 57.6. The van der Waals surface area contributed by atoms with Gasteiger partial charge in [-0.2, -0.15) is 0 Å². The number of carbonyl (C=O) groups is 3. The summed E-state index contributed by atoms with van der Waals surface area (Å²) in [5.74, 6) is -3.62. The molecule has 19 heteroatoms. The molecule has 5 heterocycles. The van der Waals surface area contributed by atoms with Crippen LogP contribution >= 0.6 is 0 Å². The zero-order valence-corrected chi connectivity index (χ0v) is 39.3. The molecule has 7 aliphatic rings. The molecule has 5 N–H and O–H groups in total. The van der Waals surface area contributed by atoms with Crippen molar-refractivity contribution in [2.45, 2.75) is 183 Å². The maximum Gasteiger partial charge on any atom is 0.202 e. The van der Waals surface area contributed by atoms with Crippen molar-refractivity contribution in [3.05, 3.63) is 51.6 Å². The van der Waals surface area contributed by atoms with Gasteiger partial charge in [0.15, 0.2) is 36.7 Å². The highest BCUT2D eigenvalue weighted by atomic mass is 16.8. The van der Waals surface area contributed by atoms with Gasteiger partial charge in [-0.25, -0.2) is 0 Å². The fourth-order valence-electron chi connectivity index (χ4n) is 11.3. The second-order valence-electron chi connectivity index (χ2n) is 19.7. The monoisotopic (exact) mass is 940 g/mol. The minimum atomic E-state index is -1.83. The lowest BCUT2D eigenvalue weighted by Crippen LogP contribution is -2.62. The Labute approximate surface area is 389 Å². The van der Waals surface area contributed by atoms with Gasteiger partial charge in [0.05, 0.1) is 58.9 Å². The molecule has 0 radical (unpaired) electrons. The van der Waals surface area contributed by atoms with Crippen molar-refractivity contribution >= 4 is 17.3 Å². The summed E-state index contributed by atoms with van der Waals surface area (Å²) in [5.41, 5.74) is -3.62. The van der Waals surface area contributed by atoms with Crippen LogP contribution in [0.1, 0.15) is 128 Å². The van der Waals surface area contributed by atoms with E-state index in [2.05, 4.69) is 0 Å². The quantitative estimate of drug-likeness (QED) is 0.194. The minimum absolute atomic E-state index is 0.0400. The van der Waals surface area contributed by atoms with Crippen molar-refractivity contribution in [1.82, 2.24) is 9.80 Å². The summed E-state index contributed by atoms with van der Waals surface area (Å²) >= 11 is 0. The molecule has 0 saturated carbocycles. The first kappa shape index (κ1) is 48.4. The second kappa shape index (κ2) is 18.3. The van der Waals surface area contributed by atoms with E-state index in [1.54, 1.807) is 20.8 Å². The van der Waals surface area contributed by atoms with Crippen LogP contribution in [0.3, 0.4) is 0 Å². The summed E-state index contributed by atoms with van der Waals surface area (Å²) in [6.07, 6.45) is -10.6. The molecule has 2 aromatic carbocycles. The number of likely N-dealkylation sites (N-methyl/N-ethyl adjacent to an activating group) is 2. The highest BCUT2D eigenvalue weighted by Crippen LogP contribution is 2.58. The summed E-state index contributed by atoms with van der Waals surface area (Å²) in [6, 6.07) is 3.25. The largest absolute Gasteiger partial charge is 0.507 e. The first-order chi connectivity index (χ1) is 31.7. The Morgan fingerprint density at radius 3 is 2.03 bits per heavy atom. The van der Waals surface area contributed by atoms with E-state index in [9.17, 15) is 39.9 Å². The van der Waals surface area contributed by atoms with Gasteiger partial charge in [-0.15, -0.1) is 0 Å². The van der Waals surface area contributed by atoms with Crippen LogP contribution in [0, 0.1) is 0 Å². The fourth-order valence-corrected chi connectivity index (χ4v) is 11.3. The molecule has 368 valence electrons. The minimum Gasteiger partial charge on any atom is -0.507 e. The lowest BCUT2D eigenvalue weighted by atomic mass is 9.70. The van der Waals surface area contributed by atoms with Gasteiger partial charge < -0.3 is 78.0 Å².